The van der Waals surface area contributed by atoms with Crippen LogP contribution in [-0.4, -0.2) is 97.7 Å². The van der Waals surface area contributed by atoms with Crippen molar-refractivity contribution < 1.29 is 28.2 Å². The number of nitrogens with one attached hydrogen (secondary N) is 2. The van der Waals surface area contributed by atoms with Crippen molar-refractivity contribution in [3.05, 3.63) is 35.5 Å². The fourth-order valence-corrected chi connectivity index (χ4v) is 3.13. The molecule has 0 atom stereocenters. The molecule has 0 spiro atoms. The second-order valence-electron chi connectivity index (χ2n) is 6.50. The molecule has 1 aromatic carbocycles. The summed E-state index contributed by atoms with van der Waals surface area (Å²) in [5.41, 5.74) is 3.07. The van der Waals surface area contributed by atoms with Crippen LogP contribution in [-0.2, 0) is 31.8 Å². The summed E-state index contributed by atoms with van der Waals surface area (Å²) in [4.78, 5) is 24.6. The van der Waals surface area contributed by atoms with E-state index >= 15 is 0 Å². The number of carbonyl (C=O) groups is 2. The topological polar surface area (TPSA) is 140 Å². The monoisotopic (exact) mass is 437 g/mol. The summed E-state index contributed by atoms with van der Waals surface area (Å²) < 4.78 is 25.6. The van der Waals surface area contributed by atoms with Crippen molar-refractivity contribution in [1.82, 2.24) is 14.6 Å². The fraction of sp³-hybridized carbons (Fsp3) is 0.444. The molecular formula is C18H28N3NaO6S. The molecule has 0 saturated carbocycles. The number of carboxylic acid groups (broad SMARTS) is 2. The second kappa shape index (κ2) is 13.0. The van der Waals surface area contributed by atoms with Crippen LogP contribution in [0.4, 0.5) is 0 Å². The van der Waals surface area contributed by atoms with Crippen molar-refractivity contribution in [1.29, 1.82) is 0 Å². The molecule has 0 amide bonds. The number of likely N-dealkylation sites (N-methyl/N-ethyl adjacent to an activating group) is 1. The van der Waals surface area contributed by atoms with Gasteiger partial charge >= 0.3 is 41.5 Å². The van der Waals surface area contributed by atoms with Crippen LogP contribution in [0.1, 0.15) is 24.0 Å². The Morgan fingerprint density at radius 2 is 1.72 bits per heavy atom. The number of fused-ring (bicyclic) bond motifs is 1. The molecule has 2 aromatic rings. The van der Waals surface area contributed by atoms with Crippen LogP contribution < -0.4 is 4.72 Å². The van der Waals surface area contributed by atoms with E-state index in [1.807, 2.05) is 38.5 Å². The van der Waals surface area contributed by atoms with Gasteiger partial charge in [-0.05, 0) is 50.8 Å². The summed E-state index contributed by atoms with van der Waals surface area (Å²) in [5, 5.41) is 16.9. The quantitative estimate of drug-likeness (QED) is 0.421. The third-order valence-electron chi connectivity index (χ3n) is 3.88. The minimum absolute atomic E-state index is 0. The van der Waals surface area contributed by atoms with Crippen LogP contribution in [0.5, 0.6) is 0 Å². The number of rotatable bonds is 9. The Bertz CT molecular complexity index is 897. The Morgan fingerprint density at radius 1 is 1.14 bits per heavy atom. The summed E-state index contributed by atoms with van der Waals surface area (Å²) in [5.74, 6) is -2.14. The van der Waals surface area contributed by atoms with Crippen LogP contribution in [0.25, 0.3) is 10.9 Å². The Balaban J connectivity index is 0.000000747. The number of nitrogens with zero attached hydrogens (tertiary/aromatic N) is 1. The summed E-state index contributed by atoms with van der Waals surface area (Å²) in [6.45, 7) is 0.964. The fourth-order valence-electron chi connectivity index (χ4n) is 2.37. The molecule has 158 valence electrons. The summed E-state index contributed by atoms with van der Waals surface area (Å²) in [6.07, 6.45) is 2.35. The molecule has 1 heterocycles. The van der Waals surface area contributed by atoms with Gasteiger partial charge in [0.05, 0.1) is 18.6 Å². The summed E-state index contributed by atoms with van der Waals surface area (Å²) in [6, 6.07) is 5.75. The summed E-state index contributed by atoms with van der Waals surface area (Å²) in [7, 11) is 2.29. The van der Waals surface area contributed by atoms with Crippen molar-refractivity contribution in [2.75, 3.05) is 27.7 Å². The molecule has 0 radical (unpaired) electrons. The van der Waals surface area contributed by atoms with E-state index in [1.165, 1.54) is 12.6 Å². The maximum absolute atomic E-state index is 11.6. The number of aliphatic carboxylic acids is 2. The summed E-state index contributed by atoms with van der Waals surface area (Å²) >= 11 is 0. The molecule has 4 N–H and O–H groups in total. The molecule has 0 fully saturated rings. The first-order chi connectivity index (χ1) is 13.0. The molecule has 11 heteroatoms. The normalized spacial score (nSPS) is 10.9. The Morgan fingerprint density at radius 3 is 2.21 bits per heavy atom. The molecule has 0 aliphatic carbocycles. The Labute approximate surface area is 192 Å². The van der Waals surface area contributed by atoms with Crippen LogP contribution in [0, 0.1) is 0 Å². The number of aromatic amines is 1. The molecule has 0 bridgehead atoms. The number of aromatic nitrogens is 1. The zero-order chi connectivity index (χ0) is 21.3. The van der Waals surface area contributed by atoms with E-state index in [-0.39, 0.29) is 48.2 Å². The van der Waals surface area contributed by atoms with E-state index in [0.29, 0.717) is 0 Å². The Kier molecular flexibility index (Phi) is 12.3. The number of H-pyrrole nitrogens is 1. The van der Waals surface area contributed by atoms with Crippen molar-refractivity contribution in [2.24, 2.45) is 0 Å². The van der Waals surface area contributed by atoms with E-state index in [1.54, 1.807) is 0 Å². The van der Waals surface area contributed by atoms with Gasteiger partial charge in [-0.3, -0.25) is 9.59 Å². The zero-order valence-electron chi connectivity index (χ0n) is 16.2. The SMILES string of the molecule is CNS(=O)(=O)Cc1ccc2[nH]cc(CCN(C)C)c2c1.O=C(O)CCC(=O)O.[NaH]. The molecule has 2 rings (SSSR count). The number of sulfonamides is 1. The van der Waals surface area contributed by atoms with E-state index in [2.05, 4.69) is 14.6 Å². The minimum atomic E-state index is -3.23. The van der Waals surface area contributed by atoms with Gasteiger partial charge in [0.25, 0.3) is 0 Å². The van der Waals surface area contributed by atoms with Crippen LogP contribution in [0.2, 0.25) is 0 Å². The molecule has 29 heavy (non-hydrogen) atoms. The number of hydrogen-bond donors (Lipinski definition) is 4. The van der Waals surface area contributed by atoms with Gasteiger partial charge in [0.2, 0.25) is 10.0 Å². The van der Waals surface area contributed by atoms with Gasteiger partial charge in [-0.2, -0.15) is 0 Å². The number of carboxylic acids is 2. The van der Waals surface area contributed by atoms with Crippen molar-refractivity contribution >= 4 is 62.4 Å². The van der Waals surface area contributed by atoms with Crippen molar-refractivity contribution in [3.8, 4) is 0 Å². The second-order valence-corrected chi connectivity index (χ2v) is 8.42. The molecule has 0 aliphatic heterocycles. The first kappa shape index (κ1) is 27.6. The van der Waals surface area contributed by atoms with Crippen LogP contribution in [0.15, 0.2) is 24.4 Å². The third-order valence-corrected chi connectivity index (χ3v) is 5.22. The van der Waals surface area contributed by atoms with Gasteiger partial charge in [0.1, 0.15) is 0 Å². The van der Waals surface area contributed by atoms with Crippen LogP contribution >= 0.6 is 0 Å². The van der Waals surface area contributed by atoms with Crippen molar-refractivity contribution in [3.63, 3.8) is 0 Å². The first-order valence-electron chi connectivity index (χ1n) is 8.62. The third kappa shape index (κ3) is 10.8. The molecular weight excluding hydrogens is 409 g/mol. The van der Waals surface area contributed by atoms with E-state index in [4.69, 9.17) is 10.2 Å². The van der Waals surface area contributed by atoms with Gasteiger partial charge in [0.15, 0.2) is 0 Å². The van der Waals surface area contributed by atoms with Gasteiger partial charge in [-0.25, -0.2) is 13.1 Å². The van der Waals surface area contributed by atoms with E-state index in [9.17, 15) is 18.0 Å². The van der Waals surface area contributed by atoms with Crippen LogP contribution in [0.3, 0.4) is 0 Å². The molecule has 9 nitrogen and oxygen atoms in total. The standard InChI is InChI=1S/C14H21N3O2S.C4H6O4.Na.H/c1-15-20(18,19)10-11-4-5-14-13(8-11)12(9-16-14)6-7-17(2)3;5-3(6)1-2-4(7)8;;/h4-5,8-9,15-16H,6-7,10H2,1-3H3;1-2H2,(H,5,6)(H,7,8);;. The molecule has 1 aromatic heterocycles. The van der Waals surface area contributed by atoms with E-state index in [0.717, 1.165) is 29.4 Å². The average Bonchev–Trinajstić information content (AvgIpc) is 3.00. The van der Waals surface area contributed by atoms with Gasteiger partial charge in [-0.1, -0.05) is 6.07 Å². The predicted molar refractivity (Wildman–Crippen MR) is 114 cm³/mol. The van der Waals surface area contributed by atoms with Gasteiger partial charge in [0, 0.05) is 23.6 Å². The number of benzene rings is 1. The number of hydrogen-bond acceptors (Lipinski definition) is 5. The Hall–Kier alpha value is -1.43. The molecule has 0 unspecified atom stereocenters. The van der Waals surface area contributed by atoms with Crippen molar-refractivity contribution in [2.45, 2.75) is 25.0 Å². The van der Waals surface area contributed by atoms with Gasteiger partial charge < -0.3 is 20.1 Å². The predicted octanol–water partition coefficient (Wildman–Crippen LogP) is 0.609. The maximum atomic E-state index is 11.6. The zero-order valence-corrected chi connectivity index (χ0v) is 17.0. The molecule has 0 aliphatic rings. The molecule has 0 saturated heterocycles. The van der Waals surface area contributed by atoms with Gasteiger partial charge in [-0.15, -0.1) is 0 Å². The average molecular weight is 437 g/mol. The van der Waals surface area contributed by atoms with E-state index < -0.39 is 22.0 Å². The first-order valence-corrected chi connectivity index (χ1v) is 10.3.